The van der Waals surface area contributed by atoms with Crippen LogP contribution in [0.15, 0.2) is 121 Å². The van der Waals surface area contributed by atoms with Crippen LogP contribution in [0.2, 0.25) is 0 Å². The fourth-order valence-corrected chi connectivity index (χ4v) is 7.50. The number of hydrogen-bond acceptors (Lipinski definition) is 20. The minimum Gasteiger partial charge on any atom is -0.459 e. The second kappa shape index (κ2) is 22.2. The maximum absolute atomic E-state index is 14.0. The molecule has 0 spiro atoms. The van der Waals surface area contributed by atoms with Crippen molar-refractivity contribution in [2.75, 3.05) is 19.8 Å². The fourth-order valence-electron chi connectivity index (χ4n) is 7.50. The first-order valence-corrected chi connectivity index (χ1v) is 20.8. The Bertz CT molecular complexity index is 2200. The summed E-state index contributed by atoms with van der Waals surface area (Å²) in [7, 11) is 0. The van der Waals surface area contributed by atoms with Crippen molar-refractivity contribution in [3.8, 4) is 0 Å². The maximum atomic E-state index is 14.0. The Hall–Kier alpha value is -5.72. The van der Waals surface area contributed by atoms with Crippen molar-refractivity contribution >= 4 is 23.9 Å². The predicted molar refractivity (Wildman–Crippen MR) is 220 cm³/mol. The molecule has 352 valence electrons. The third-order valence-corrected chi connectivity index (χ3v) is 11.0. The summed E-state index contributed by atoms with van der Waals surface area (Å²) in [6, 6.07) is 30.5. The molecule has 3 aliphatic heterocycles. The van der Waals surface area contributed by atoms with Crippen LogP contribution in [-0.4, -0.2) is 172 Å². The molecule has 3 saturated heterocycles. The number of ether oxygens (including phenoxy) is 9. The topological polar surface area (TPSA) is 293 Å². The summed E-state index contributed by atoms with van der Waals surface area (Å²) in [6.45, 7) is -2.51. The van der Waals surface area contributed by atoms with Crippen LogP contribution in [0.4, 0.5) is 0 Å². The Balaban J connectivity index is 1.29. The lowest BCUT2D eigenvalue weighted by Gasteiger charge is -2.48. The van der Waals surface area contributed by atoms with Crippen LogP contribution >= 0.6 is 0 Å². The first-order valence-electron chi connectivity index (χ1n) is 20.8. The number of rotatable bonds is 15. The van der Waals surface area contributed by atoms with Gasteiger partial charge in [-0.1, -0.05) is 72.8 Å². The normalized spacial score (nSPS) is 32.1. The fraction of sp³-hybridized carbons (Fsp3) is 0.391. The molecule has 0 bridgehead atoms. The van der Waals surface area contributed by atoms with Crippen LogP contribution in [-0.2, 0) is 42.6 Å². The van der Waals surface area contributed by atoms with Gasteiger partial charge in [-0.3, -0.25) is 0 Å². The van der Waals surface area contributed by atoms with E-state index in [0.717, 1.165) is 0 Å². The summed E-state index contributed by atoms with van der Waals surface area (Å²) in [5.74, 6) is -3.88. The molecule has 3 fully saturated rings. The molecule has 0 aliphatic carbocycles. The molecule has 66 heavy (non-hydrogen) atoms. The van der Waals surface area contributed by atoms with Crippen LogP contribution < -0.4 is 0 Å². The van der Waals surface area contributed by atoms with Crippen molar-refractivity contribution in [3.63, 3.8) is 0 Å². The van der Waals surface area contributed by atoms with Crippen molar-refractivity contribution in [3.05, 3.63) is 144 Å². The number of esters is 4. The van der Waals surface area contributed by atoms with Crippen molar-refractivity contribution in [2.45, 2.75) is 92.1 Å². The molecule has 3 heterocycles. The number of carbonyl (C=O) groups excluding carboxylic acids is 4. The molecule has 0 aromatic heterocycles. The van der Waals surface area contributed by atoms with Crippen molar-refractivity contribution < 1.29 is 97.6 Å². The molecule has 7 N–H and O–H groups in total. The first-order chi connectivity index (χ1) is 31.9. The van der Waals surface area contributed by atoms with Crippen LogP contribution in [0.25, 0.3) is 0 Å². The molecular formula is C46H48O20. The summed E-state index contributed by atoms with van der Waals surface area (Å²) in [4.78, 5) is 55.2. The van der Waals surface area contributed by atoms with Gasteiger partial charge < -0.3 is 78.4 Å². The smallest absolute Gasteiger partial charge is 0.338 e. The van der Waals surface area contributed by atoms with Crippen LogP contribution in [0, 0.1) is 0 Å². The van der Waals surface area contributed by atoms with Crippen molar-refractivity contribution in [1.82, 2.24) is 0 Å². The van der Waals surface area contributed by atoms with E-state index in [9.17, 15) is 54.9 Å². The number of carbonyl (C=O) groups is 4. The Morgan fingerprint density at radius 1 is 0.409 bits per heavy atom. The zero-order valence-corrected chi connectivity index (χ0v) is 34.8. The van der Waals surface area contributed by atoms with Gasteiger partial charge >= 0.3 is 23.9 Å². The molecule has 0 radical (unpaired) electrons. The minimum absolute atomic E-state index is 0.00174. The number of aliphatic hydroxyl groups is 7. The van der Waals surface area contributed by atoms with Gasteiger partial charge in [-0.05, 0) is 48.5 Å². The highest BCUT2D eigenvalue weighted by atomic mass is 16.8. The Labute approximate surface area is 376 Å². The molecule has 0 unspecified atom stereocenters. The first kappa shape index (κ1) is 48.2. The molecular weight excluding hydrogens is 872 g/mol. The second-order valence-electron chi connectivity index (χ2n) is 15.4. The van der Waals surface area contributed by atoms with Crippen molar-refractivity contribution in [1.29, 1.82) is 0 Å². The molecule has 3 aliphatic rings. The Kier molecular flexibility index (Phi) is 16.2. The molecule has 7 rings (SSSR count). The third-order valence-electron chi connectivity index (χ3n) is 11.0. The third kappa shape index (κ3) is 11.1. The van der Waals surface area contributed by atoms with Gasteiger partial charge in [0.1, 0.15) is 61.5 Å². The SMILES string of the molecule is O=C(OC[C@H]1O[C@@H](O[C@@H]2[C@@H](O)[C@H](O[C@@H]3[C@@H](O)[C@H](O)O[C@H](CO)[C@H]3O)O[C@H](CO)[C@H]2O)[C@H](OC(=O)c2ccccc2)[C@@H](OC(=O)c2ccccc2)[C@@H]1OC(=O)c1ccccc1)c1ccccc1. The van der Waals surface area contributed by atoms with Gasteiger partial charge in [-0.15, -0.1) is 0 Å². The van der Waals surface area contributed by atoms with Gasteiger partial charge in [0.25, 0.3) is 0 Å². The van der Waals surface area contributed by atoms with Crippen LogP contribution in [0.1, 0.15) is 41.4 Å². The highest BCUT2D eigenvalue weighted by Gasteiger charge is 2.57. The lowest BCUT2D eigenvalue weighted by molar-refractivity contribution is -0.378. The zero-order valence-electron chi connectivity index (χ0n) is 34.8. The van der Waals surface area contributed by atoms with Crippen LogP contribution in [0.5, 0.6) is 0 Å². The van der Waals surface area contributed by atoms with Gasteiger partial charge in [0.15, 0.2) is 37.2 Å². The van der Waals surface area contributed by atoms with Crippen LogP contribution in [0.3, 0.4) is 0 Å². The summed E-state index contributed by atoms with van der Waals surface area (Å²) >= 11 is 0. The second-order valence-corrected chi connectivity index (χ2v) is 15.4. The van der Waals surface area contributed by atoms with E-state index in [2.05, 4.69) is 0 Å². The Morgan fingerprint density at radius 2 is 0.788 bits per heavy atom. The molecule has 0 amide bonds. The monoisotopic (exact) mass is 920 g/mol. The summed E-state index contributed by atoms with van der Waals surface area (Å²) in [5, 5.41) is 75.2. The molecule has 20 nitrogen and oxygen atoms in total. The van der Waals surface area contributed by atoms with E-state index in [1.165, 1.54) is 60.7 Å². The zero-order chi connectivity index (χ0) is 46.9. The van der Waals surface area contributed by atoms with E-state index < -0.39 is 136 Å². The largest absolute Gasteiger partial charge is 0.459 e. The lowest BCUT2D eigenvalue weighted by Crippen LogP contribution is -2.67. The van der Waals surface area contributed by atoms with Crippen molar-refractivity contribution in [2.24, 2.45) is 0 Å². The summed E-state index contributed by atoms with van der Waals surface area (Å²) in [6.07, 6.45) is -28.1. The van der Waals surface area contributed by atoms with Gasteiger partial charge in [0.2, 0.25) is 0 Å². The quantitative estimate of drug-likeness (QED) is 0.0605. The molecule has 4 aromatic rings. The standard InChI is InChI=1S/C46H48O20/c47-21-28-31(49)36(33(51)44(57)59-28)65-45-34(52)37(32(50)29(22-48)60-45)66-46-39(64-43(56)27-19-11-4-12-20-27)38(63-42(55)26-17-9-3-10-18-26)35(62-41(54)25-15-7-2-8-16-25)30(61-46)23-58-40(53)24-13-5-1-6-14-24/h1-20,28-39,44-52,57H,21-23H2/t28-,29-,30-,31-,32-,33-,34-,35-,36+,37+,38+,39-,44-,45+,46+/m1/s1. The maximum Gasteiger partial charge on any atom is 0.338 e. The molecule has 4 aromatic carbocycles. The van der Waals surface area contributed by atoms with E-state index in [0.29, 0.717) is 0 Å². The summed E-state index contributed by atoms with van der Waals surface area (Å²) < 4.78 is 52.7. The number of hydrogen-bond donors (Lipinski definition) is 7. The van der Waals surface area contributed by atoms with Gasteiger partial charge in [0, 0.05) is 0 Å². The van der Waals surface area contributed by atoms with E-state index >= 15 is 0 Å². The van der Waals surface area contributed by atoms with Gasteiger partial charge in [-0.2, -0.15) is 0 Å². The highest BCUT2D eigenvalue weighted by Crippen LogP contribution is 2.36. The average Bonchev–Trinajstić information content (AvgIpc) is 3.35. The van der Waals surface area contributed by atoms with E-state index in [-0.39, 0.29) is 22.3 Å². The van der Waals surface area contributed by atoms with E-state index in [4.69, 9.17) is 42.6 Å². The van der Waals surface area contributed by atoms with E-state index in [1.54, 1.807) is 60.7 Å². The minimum atomic E-state index is -2.14. The number of aliphatic hydroxyl groups excluding tert-OH is 7. The van der Waals surface area contributed by atoms with Gasteiger partial charge in [0.05, 0.1) is 35.5 Å². The number of benzene rings is 4. The molecule has 20 heteroatoms. The lowest BCUT2D eigenvalue weighted by atomic mass is 9.95. The summed E-state index contributed by atoms with van der Waals surface area (Å²) in [5.41, 5.74) is 0.140. The predicted octanol–water partition coefficient (Wildman–Crippen LogP) is -0.114. The molecule has 15 atom stereocenters. The Morgan fingerprint density at radius 3 is 1.26 bits per heavy atom. The highest BCUT2D eigenvalue weighted by molar-refractivity contribution is 5.91. The van der Waals surface area contributed by atoms with Gasteiger partial charge in [-0.25, -0.2) is 19.2 Å². The average molecular weight is 921 g/mol. The van der Waals surface area contributed by atoms with E-state index in [1.807, 2.05) is 0 Å². The molecule has 0 saturated carbocycles.